The van der Waals surface area contributed by atoms with E-state index in [-0.39, 0.29) is 0 Å². The van der Waals surface area contributed by atoms with E-state index in [0.717, 1.165) is 58.1 Å². The van der Waals surface area contributed by atoms with Crippen molar-refractivity contribution in [1.82, 2.24) is 10.6 Å². The van der Waals surface area contributed by atoms with Gasteiger partial charge in [0.15, 0.2) is 5.96 Å². The van der Waals surface area contributed by atoms with Crippen LogP contribution in [0.2, 0.25) is 0 Å². The van der Waals surface area contributed by atoms with E-state index in [2.05, 4.69) is 35.5 Å². The van der Waals surface area contributed by atoms with E-state index >= 15 is 0 Å². The largest absolute Gasteiger partial charge is 0.377 e. The minimum atomic E-state index is 0.777. The molecule has 1 heterocycles. The molecule has 0 aliphatic carbocycles. The van der Waals surface area contributed by atoms with Crippen molar-refractivity contribution in [2.75, 3.05) is 32.8 Å². The van der Waals surface area contributed by atoms with E-state index in [1.54, 1.807) is 0 Å². The molecule has 4 nitrogen and oxygen atoms in total. The lowest BCUT2D eigenvalue weighted by atomic mass is 10.1. The summed E-state index contributed by atoms with van der Waals surface area (Å²) in [6.45, 7) is 8.61. The third-order valence-electron chi connectivity index (χ3n) is 2.63. The van der Waals surface area contributed by atoms with Crippen molar-refractivity contribution in [1.29, 1.82) is 0 Å². The molecular formula is C13H25N3O. The summed E-state index contributed by atoms with van der Waals surface area (Å²) in [6, 6.07) is 0. The van der Waals surface area contributed by atoms with E-state index < -0.39 is 0 Å². The Morgan fingerprint density at radius 3 is 2.94 bits per heavy atom. The summed E-state index contributed by atoms with van der Waals surface area (Å²) in [5.41, 5.74) is 1.50. The Labute approximate surface area is 105 Å². The molecule has 0 saturated heterocycles. The number of hydrogen-bond acceptors (Lipinski definition) is 2. The minimum Gasteiger partial charge on any atom is -0.377 e. The molecule has 0 amide bonds. The third-order valence-corrected chi connectivity index (χ3v) is 2.63. The Morgan fingerprint density at radius 2 is 2.29 bits per heavy atom. The molecule has 0 aromatic heterocycles. The lowest BCUT2D eigenvalue weighted by Gasteiger charge is -2.15. The van der Waals surface area contributed by atoms with Crippen LogP contribution in [0.5, 0.6) is 0 Å². The summed E-state index contributed by atoms with van der Waals surface area (Å²) in [4.78, 5) is 4.46. The quantitative estimate of drug-likeness (QED) is 0.421. The molecule has 1 rings (SSSR count). The average molecular weight is 239 g/mol. The van der Waals surface area contributed by atoms with E-state index in [9.17, 15) is 0 Å². The van der Waals surface area contributed by atoms with Gasteiger partial charge in [0.2, 0.25) is 0 Å². The van der Waals surface area contributed by atoms with Crippen LogP contribution in [-0.2, 0) is 4.74 Å². The number of guanidine groups is 1. The van der Waals surface area contributed by atoms with Crippen molar-refractivity contribution >= 4 is 5.96 Å². The fourth-order valence-corrected chi connectivity index (χ4v) is 1.70. The van der Waals surface area contributed by atoms with Crippen LogP contribution in [0.4, 0.5) is 0 Å². The molecule has 0 aromatic rings. The molecule has 1 aliphatic rings. The summed E-state index contributed by atoms with van der Waals surface area (Å²) < 4.78 is 5.29. The molecule has 4 heteroatoms. The average Bonchev–Trinajstić information content (AvgIpc) is 2.37. The van der Waals surface area contributed by atoms with Gasteiger partial charge < -0.3 is 15.4 Å². The summed E-state index contributed by atoms with van der Waals surface area (Å²) in [5, 5.41) is 6.61. The zero-order valence-corrected chi connectivity index (χ0v) is 11.1. The fourth-order valence-electron chi connectivity index (χ4n) is 1.70. The Hall–Kier alpha value is -1.03. The van der Waals surface area contributed by atoms with Crippen LogP contribution in [0.1, 0.15) is 33.1 Å². The van der Waals surface area contributed by atoms with Crippen molar-refractivity contribution in [3.05, 3.63) is 11.6 Å². The van der Waals surface area contributed by atoms with Gasteiger partial charge in [0.25, 0.3) is 0 Å². The van der Waals surface area contributed by atoms with Gasteiger partial charge in [-0.25, -0.2) is 0 Å². The topological polar surface area (TPSA) is 45.7 Å². The molecule has 1 aliphatic heterocycles. The van der Waals surface area contributed by atoms with Gasteiger partial charge in [-0.1, -0.05) is 18.6 Å². The predicted octanol–water partition coefficient (Wildman–Crippen LogP) is 1.69. The van der Waals surface area contributed by atoms with E-state index in [4.69, 9.17) is 4.74 Å². The monoisotopic (exact) mass is 239 g/mol. The molecule has 0 atom stereocenters. The molecule has 17 heavy (non-hydrogen) atoms. The molecule has 0 saturated carbocycles. The zero-order valence-electron chi connectivity index (χ0n) is 11.1. The van der Waals surface area contributed by atoms with Gasteiger partial charge in [0.1, 0.15) is 0 Å². The van der Waals surface area contributed by atoms with Crippen LogP contribution in [0.15, 0.2) is 16.6 Å². The molecule has 0 unspecified atom stereocenters. The van der Waals surface area contributed by atoms with Crippen LogP contribution >= 0.6 is 0 Å². The highest BCUT2D eigenvalue weighted by molar-refractivity contribution is 5.79. The van der Waals surface area contributed by atoms with Crippen LogP contribution < -0.4 is 10.6 Å². The first-order chi connectivity index (χ1) is 8.36. The van der Waals surface area contributed by atoms with Gasteiger partial charge >= 0.3 is 0 Å². The van der Waals surface area contributed by atoms with Gasteiger partial charge in [0, 0.05) is 19.6 Å². The van der Waals surface area contributed by atoms with Crippen molar-refractivity contribution in [2.24, 2.45) is 4.99 Å². The lowest BCUT2D eigenvalue weighted by Crippen LogP contribution is -2.38. The van der Waals surface area contributed by atoms with E-state index in [0.29, 0.717) is 0 Å². The van der Waals surface area contributed by atoms with Crippen molar-refractivity contribution < 1.29 is 4.74 Å². The normalized spacial score (nSPS) is 16.6. The molecular weight excluding hydrogens is 214 g/mol. The lowest BCUT2D eigenvalue weighted by molar-refractivity contribution is 0.153. The maximum Gasteiger partial charge on any atom is 0.191 e. The van der Waals surface area contributed by atoms with Gasteiger partial charge in [-0.05, 0) is 26.2 Å². The first-order valence-electron chi connectivity index (χ1n) is 6.64. The summed E-state index contributed by atoms with van der Waals surface area (Å²) in [7, 11) is 0. The molecule has 0 spiro atoms. The molecule has 0 aromatic carbocycles. The number of hydrogen-bond donors (Lipinski definition) is 2. The molecule has 0 fully saturated rings. The minimum absolute atomic E-state index is 0.777. The highest BCUT2D eigenvalue weighted by Gasteiger charge is 2.03. The molecule has 98 valence electrons. The Bertz CT molecular complexity index is 261. The summed E-state index contributed by atoms with van der Waals surface area (Å²) in [6.07, 6.45) is 5.44. The second-order valence-corrected chi connectivity index (χ2v) is 4.12. The van der Waals surface area contributed by atoms with Gasteiger partial charge in [-0.15, -0.1) is 0 Å². The van der Waals surface area contributed by atoms with Crippen LogP contribution in [-0.4, -0.2) is 38.8 Å². The molecule has 0 bridgehead atoms. The Kier molecular flexibility index (Phi) is 7.47. The number of nitrogens with one attached hydrogen (secondary N) is 2. The number of aliphatic imine (C=N–C) groups is 1. The van der Waals surface area contributed by atoms with E-state index in [1.165, 1.54) is 5.57 Å². The Balaban J connectivity index is 2.23. The maximum absolute atomic E-state index is 5.29. The first kappa shape index (κ1) is 14.0. The van der Waals surface area contributed by atoms with Gasteiger partial charge in [0.05, 0.1) is 13.2 Å². The molecule has 0 radical (unpaired) electrons. The zero-order chi connectivity index (χ0) is 12.3. The van der Waals surface area contributed by atoms with Gasteiger partial charge in [-0.2, -0.15) is 0 Å². The van der Waals surface area contributed by atoms with Crippen LogP contribution in [0.3, 0.4) is 0 Å². The SMILES string of the molecule is CCCN=C(NCC)NCCC1=CCOCC1. The third kappa shape index (κ3) is 6.31. The van der Waals surface area contributed by atoms with Crippen molar-refractivity contribution in [3.8, 4) is 0 Å². The second kappa shape index (κ2) is 9.05. The fraction of sp³-hybridized carbons (Fsp3) is 0.769. The van der Waals surface area contributed by atoms with Crippen molar-refractivity contribution in [3.63, 3.8) is 0 Å². The predicted molar refractivity (Wildman–Crippen MR) is 72.4 cm³/mol. The first-order valence-corrected chi connectivity index (χ1v) is 6.64. The van der Waals surface area contributed by atoms with E-state index in [1.807, 2.05) is 0 Å². The standard InChI is InChI=1S/C13H25N3O/c1-3-8-15-13(14-4-2)16-9-5-12-6-10-17-11-7-12/h6H,3-5,7-11H2,1-2H3,(H2,14,15,16). The second-order valence-electron chi connectivity index (χ2n) is 4.12. The molecule has 2 N–H and O–H groups in total. The maximum atomic E-state index is 5.29. The highest BCUT2D eigenvalue weighted by atomic mass is 16.5. The van der Waals surface area contributed by atoms with Gasteiger partial charge in [-0.3, -0.25) is 4.99 Å². The smallest absolute Gasteiger partial charge is 0.191 e. The number of rotatable bonds is 6. The van der Waals surface area contributed by atoms with Crippen molar-refractivity contribution in [2.45, 2.75) is 33.1 Å². The van der Waals surface area contributed by atoms with Crippen LogP contribution in [0.25, 0.3) is 0 Å². The van der Waals surface area contributed by atoms with Crippen LogP contribution in [0, 0.1) is 0 Å². The number of ether oxygens (including phenoxy) is 1. The Morgan fingerprint density at radius 1 is 1.41 bits per heavy atom. The summed E-state index contributed by atoms with van der Waals surface area (Å²) in [5.74, 6) is 0.932. The highest BCUT2D eigenvalue weighted by Crippen LogP contribution is 2.10. The summed E-state index contributed by atoms with van der Waals surface area (Å²) >= 11 is 0. The number of nitrogens with zero attached hydrogens (tertiary/aromatic N) is 1.